The largest absolute Gasteiger partial charge is 0.357 e. The van der Waals surface area contributed by atoms with Gasteiger partial charge in [-0.25, -0.2) is 4.99 Å². The Hall–Kier alpha value is -1.84. The van der Waals surface area contributed by atoms with Crippen molar-refractivity contribution in [3.05, 3.63) is 30.3 Å². The highest BCUT2D eigenvalue weighted by Gasteiger charge is 2.31. The highest BCUT2D eigenvalue weighted by molar-refractivity contribution is 14.0. The fraction of sp³-hybridized carbons (Fsp3) is 0.526. The number of likely N-dealkylation sites (tertiary alicyclic amines) is 1. The summed E-state index contributed by atoms with van der Waals surface area (Å²) in [6, 6.07) is 9.65. The number of rotatable bonds is 5. The van der Waals surface area contributed by atoms with Gasteiger partial charge in [-0.1, -0.05) is 18.2 Å². The standard InChI is InChI=1S/C19H27N5O2.HI/c1-2-20-19(21-13-18(26)23-10-6-7-11-23)22-15-12-17(25)24(14-15)16-8-4-3-5-9-16;/h3-5,8-9,15H,2,6-7,10-14H2,1H3,(H2,20,21,22);1H. The molecule has 0 aliphatic carbocycles. The first-order valence-electron chi connectivity index (χ1n) is 9.35. The zero-order valence-electron chi connectivity index (χ0n) is 15.7. The molecule has 2 fully saturated rings. The van der Waals surface area contributed by atoms with E-state index in [9.17, 15) is 9.59 Å². The van der Waals surface area contributed by atoms with Crippen molar-refractivity contribution < 1.29 is 9.59 Å². The van der Waals surface area contributed by atoms with E-state index in [1.165, 1.54) is 0 Å². The Kier molecular flexibility index (Phi) is 8.33. The van der Waals surface area contributed by atoms with Gasteiger partial charge in [0.05, 0.1) is 6.04 Å². The van der Waals surface area contributed by atoms with Crippen molar-refractivity contribution in [2.24, 2.45) is 4.99 Å². The molecule has 7 nitrogen and oxygen atoms in total. The van der Waals surface area contributed by atoms with Crippen LogP contribution in [-0.2, 0) is 9.59 Å². The number of para-hydroxylation sites is 1. The van der Waals surface area contributed by atoms with E-state index >= 15 is 0 Å². The summed E-state index contributed by atoms with van der Waals surface area (Å²) in [5.41, 5.74) is 0.910. The van der Waals surface area contributed by atoms with E-state index in [0.717, 1.165) is 31.6 Å². The summed E-state index contributed by atoms with van der Waals surface area (Å²) in [5.74, 6) is 0.749. The van der Waals surface area contributed by atoms with Crippen molar-refractivity contribution >= 4 is 47.4 Å². The number of nitrogens with zero attached hydrogens (tertiary/aromatic N) is 3. The van der Waals surface area contributed by atoms with Gasteiger partial charge in [0.15, 0.2) is 5.96 Å². The van der Waals surface area contributed by atoms with Crippen LogP contribution in [0.3, 0.4) is 0 Å². The van der Waals surface area contributed by atoms with Crippen molar-refractivity contribution in [2.75, 3.05) is 37.6 Å². The molecule has 27 heavy (non-hydrogen) atoms. The van der Waals surface area contributed by atoms with E-state index in [1.807, 2.05) is 42.2 Å². The minimum atomic E-state index is -0.0256. The number of amides is 2. The summed E-state index contributed by atoms with van der Waals surface area (Å²) in [5, 5.41) is 6.46. The Morgan fingerprint density at radius 1 is 1.22 bits per heavy atom. The topological polar surface area (TPSA) is 77.0 Å². The predicted molar refractivity (Wildman–Crippen MR) is 118 cm³/mol. The van der Waals surface area contributed by atoms with Crippen LogP contribution in [0, 0.1) is 0 Å². The third-order valence-electron chi connectivity index (χ3n) is 4.71. The Balaban J connectivity index is 0.00000261. The molecule has 0 bridgehead atoms. The van der Waals surface area contributed by atoms with E-state index in [0.29, 0.717) is 25.5 Å². The number of benzene rings is 1. The number of carbonyl (C=O) groups is 2. The maximum atomic E-state index is 12.3. The van der Waals surface area contributed by atoms with Crippen LogP contribution < -0.4 is 15.5 Å². The van der Waals surface area contributed by atoms with Crippen molar-refractivity contribution in [3.63, 3.8) is 0 Å². The fourth-order valence-corrected chi connectivity index (χ4v) is 3.39. The molecule has 0 saturated carbocycles. The Labute approximate surface area is 177 Å². The van der Waals surface area contributed by atoms with E-state index < -0.39 is 0 Å². The van der Waals surface area contributed by atoms with Crippen LogP contribution in [0.15, 0.2) is 35.3 Å². The number of halogens is 1. The van der Waals surface area contributed by atoms with Gasteiger partial charge < -0.3 is 20.4 Å². The summed E-state index contributed by atoms with van der Waals surface area (Å²) in [6.07, 6.45) is 2.57. The molecule has 3 rings (SSSR count). The van der Waals surface area contributed by atoms with Gasteiger partial charge in [-0.15, -0.1) is 24.0 Å². The molecule has 8 heteroatoms. The second-order valence-electron chi connectivity index (χ2n) is 6.67. The SMILES string of the molecule is CCNC(=NCC(=O)N1CCCC1)NC1CC(=O)N(c2ccccc2)C1.I. The van der Waals surface area contributed by atoms with Crippen molar-refractivity contribution in [1.82, 2.24) is 15.5 Å². The molecule has 0 spiro atoms. The quantitative estimate of drug-likeness (QED) is 0.378. The van der Waals surface area contributed by atoms with Crippen LogP contribution in [0.4, 0.5) is 5.69 Å². The molecular weight excluding hydrogens is 457 g/mol. The van der Waals surface area contributed by atoms with Crippen molar-refractivity contribution in [2.45, 2.75) is 32.2 Å². The number of anilines is 1. The summed E-state index contributed by atoms with van der Waals surface area (Å²) in [6.45, 7) is 5.08. The maximum Gasteiger partial charge on any atom is 0.244 e. The minimum Gasteiger partial charge on any atom is -0.357 e. The fourth-order valence-electron chi connectivity index (χ4n) is 3.39. The lowest BCUT2D eigenvalue weighted by atomic mass is 10.2. The van der Waals surface area contributed by atoms with E-state index in [2.05, 4.69) is 15.6 Å². The summed E-state index contributed by atoms with van der Waals surface area (Å²) < 4.78 is 0. The third kappa shape index (κ3) is 5.82. The smallest absolute Gasteiger partial charge is 0.244 e. The van der Waals surface area contributed by atoms with Gasteiger partial charge in [-0.2, -0.15) is 0 Å². The van der Waals surface area contributed by atoms with E-state index in [4.69, 9.17) is 0 Å². The van der Waals surface area contributed by atoms with Gasteiger partial charge in [0.2, 0.25) is 11.8 Å². The van der Waals surface area contributed by atoms with Gasteiger partial charge >= 0.3 is 0 Å². The van der Waals surface area contributed by atoms with Gasteiger partial charge in [-0.05, 0) is 31.9 Å². The zero-order chi connectivity index (χ0) is 18.4. The number of guanidine groups is 1. The molecule has 0 radical (unpaired) electrons. The first-order chi connectivity index (χ1) is 12.7. The minimum absolute atomic E-state index is 0. The molecule has 2 heterocycles. The predicted octanol–water partition coefficient (Wildman–Crippen LogP) is 1.59. The molecule has 2 N–H and O–H groups in total. The van der Waals surface area contributed by atoms with Gasteiger partial charge in [0.1, 0.15) is 6.54 Å². The molecule has 1 aromatic carbocycles. The van der Waals surface area contributed by atoms with Crippen molar-refractivity contribution in [3.8, 4) is 0 Å². The molecule has 1 aromatic rings. The molecule has 148 valence electrons. The summed E-state index contributed by atoms with van der Waals surface area (Å²) in [7, 11) is 0. The van der Waals surface area contributed by atoms with Crippen LogP contribution in [0.2, 0.25) is 0 Å². The van der Waals surface area contributed by atoms with E-state index in [-0.39, 0.29) is 48.4 Å². The Bertz CT molecular complexity index is 661. The molecule has 2 saturated heterocycles. The first-order valence-corrected chi connectivity index (χ1v) is 9.35. The van der Waals surface area contributed by atoms with E-state index in [1.54, 1.807) is 4.90 Å². The van der Waals surface area contributed by atoms with Crippen LogP contribution in [0.5, 0.6) is 0 Å². The number of hydrogen-bond donors (Lipinski definition) is 2. The highest BCUT2D eigenvalue weighted by atomic mass is 127. The van der Waals surface area contributed by atoms with Gasteiger partial charge in [-0.3, -0.25) is 9.59 Å². The molecular formula is C19H28IN5O2. The molecule has 2 aliphatic rings. The number of aliphatic imine (C=N–C) groups is 1. The average Bonchev–Trinajstić information content (AvgIpc) is 3.30. The second-order valence-corrected chi connectivity index (χ2v) is 6.67. The number of carbonyl (C=O) groups excluding carboxylic acids is 2. The van der Waals surface area contributed by atoms with Crippen molar-refractivity contribution in [1.29, 1.82) is 0 Å². The molecule has 2 aliphatic heterocycles. The monoisotopic (exact) mass is 485 g/mol. The van der Waals surface area contributed by atoms with Crippen LogP contribution in [0.1, 0.15) is 26.2 Å². The zero-order valence-corrected chi connectivity index (χ0v) is 18.0. The van der Waals surface area contributed by atoms with Crippen LogP contribution in [0.25, 0.3) is 0 Å². The maximum absolute atomic E-state index is 12.3. The molecule has 0 aromatic heterocycles. The number of nitrogens with one attached hydrogen (secondary N) is 2. The second kappa shape index (κ2) is 10.5. The molecule has 2 amide bonds. The normalized spacial score (nSPS) is 19.8. The first kappa shape index (κ1) is 21.5. The Morgan fingerprint density at radius 3 is 2.59 bits per heavy atom. The van der Waals surface area contributed by atoms with Gasteiger partial charge in [0, 0.05) is 38.3 Å². The highest BCUT2D eigenvalue weighted by Crippen LogP contribution is 2.20. The average molecular weight is 485 g/mol. The van der Waals surface area contributed by atoms with Crippen LogP contribution in [-0.4, -0.2) is 61.4 Å². The third-order valence-corrected chi connectivity index (χ3v) is 4.71. The lowest BCUT2D eigenvalue weighted by molar-refractivity contribution is -0.128. The summed E-state index contributed by atoms with van der Waals surface area (Å²) >= 11 is 0. The molecule has 1 unspecified atom stereocenters. The summed E-state index contributed by atoms with van der Waals surface area (Å²) in [4.78, 5) is 32.6. The number of hydrogen-bond acceptors (Lipinski definition) is 3. The van der Waals surface area contributed by atoms with Gasteiger partial charge in [0.25, 0.3) is 0 Å². The molecule has 1 atom stereocenters. The lowest BCUT2D eigenvalue weighted by Crippen LogP contribution is -2.45. The Morgan fingerprint density at radius 2 is 1.93 bits per heavy atom. The van der Waals surface area contributed by atoms with Crippen LogP contribution >= 0.6 is 24.0 Å². The lowest BCUT2D eigenvalue weighted by Gasteiger charge is -2.19.